The predicted molar refractivity (Wildman–Crippen MR) is 98.1 cm³/mol. The minimum absolute atomic E-state index is 0.0369. The lowest BCUT2D eigenvalue weighted by Crippen LogP contribution is -2.13. The van der Waals surface area contributed by atoms with Gasteiger partial charge in [-0.2, -0.15) is 0 Å². The van der Waals surface area contributed by atoms with Crippen molar-refractivity contribution in [2.75, 3.05) is 5.32 Å². The number of anilines is 1. The molecule has 0 saturated heterocycles. The van der Waals surface area contributed by atoms with Gasteiger partial charge in [0, 0.05) is 28.6 Å². The molecule has 1 amide bonds. The summed E-state index contributed by atoms with van der Waals surface area (Å²) in [6.07, 6.45) is 0. The average Bonchev–Trinajstić information content (AvgIpc) is 3.03. The summed E-state index contributed by atoms with van der Waals surface area (Å²) in [4.78, 5) is 27.2. The van der Waals surface area contributed by atoms with E-state index < -0.39 is 4.92 Å². The van der Waals surface area contributed by atoms with Gasteiger partial charge in [0.2, 0.25) is 0 Å². The molecule has 2 aromatic carbocycles. The van der Waals surface area contributed by atoms with Crippen molar-refractivity contribution in [3.63, 3.8) is 0 Å². The van der Waals surface area contributed by atoms with Crippen molar-refractivity contribution >= 4 is 28.1 Å². The fourth-order valence-electron chi connectivity index (χ4n) is 2.50. The molecular formula is C18H15N3O3S. The summed E-state index contributed by atoms with van der Waals surface area (Å²) >= 11 is 1.34. The molecule has 0 aliphatic rings. The minimum Gasteiger partial charge on any atom is -0.298 e. The van der Waals surface area contributed by atoms with Crippen molar-refractivity contribution in [3.8, 4) is 11.3 Å². The van der Waals surface area contributed by atoms with Crippen molar-refractivity contribution in [3.05, 3.63) is 74.6 Å². The molecule has 126 valence electrons. The zero-order valence-electron chi connectivity index (χ0n) is 13.6. The van der Waals surface area contributed by atoms with E-state index in [0.29, 0.717) is 16.3 Å². The third kappa shape index (κ3) is 3.56. The number of nitrogens with one attached hydrogen (secondary N) is 1. The first-order valence-electron chi connectivity index (χ1n) is 7.53. The van der Waals surface area contributed by atoms with E-state index in [2.05, 4.69) is 10.3 Å². The highest BCUT2D eigenvalue weighted by molar-refractivity contribution is 7.14. The second-order valence-electron chi connectivity index (χ2n) is 5.56. The van der Waals surface area contributed by atoms with E-state index in [1.165, 1.54) is 29.5 Å². The van der Waals surface area contributed by atoms with Crippen LogP contribution in [-0.4, -0.2) is 15.8 Å². The number of aromatic nitrogens is 1. The van der Waals surface area contributed by atoms with Crippen LogP contribution in [0.15, 0.2) is 47.8 Å². The SMILES string of the molecule is Cc1cc([N+](=O)[O-])ccc1C(=O)Nc1nc(-c2ccccc2C)cs1. The monoisotopic (exact) mass is 353 g/mol. The van der Waals surface area contributed by atoms with Gasteiger partial charge in [-0.15, -0.1) is 11.3 Å². The van der Waals surface area contributed by atoms with Crippen molar-refractivity contribution in [2.24, 2.45) is 0 Å². The zero-order chi connectivity index (χ0) is 18.0. The van der Waals surface area contributed by atoms with Crippen LogP contribution in [0.25, 0.3) is 11.3 Å². The second kappa shape index (κ2) is 6.82. The summed E-state index contributed by atoms with van der Waals surface area (Å²) in [5, 5.41) is 15.9. The number of hydrogen-bond acceptors (Lipinski definition) is 5. The Morgan fingerprint density at radius 2 is 1.92 bits per heavy atom. The molecule has 3 rings (SSSR count). The number of carbonyl (C=O) groups excluding carboxylic acids is 1. The molecule has 0 aliphatic carbocycles. The molecule has 6 nitrogen and oxygen atoms in total. The Balaban J connectivity index is 1.81. The van der Waals surface area contributed by atoms with Crippen LogP contribution in [0.2, 0.25) is 0 Å². The smallest absolute Gasteiger partial charge is 0.269 e. The van der Waals surface area contributed by atoms with E-state index in [1.807, 2.05) is 36.6 Å². The fraction of sp³-hybridized carbons (Fsp3) is 0.111. The van der Waals surface area contributed by atoms with Gasteiger partial charge in [-0.05, 0) is 31.0 Å². The first kappa shape index (κ1) is 16.8. The molecular weight excluding hydrogens is 338 g/mol. The number of hydrogen-bond donors (Lipinski definition) is 1. The zero-order valence-corrected chi connectivity index (χ0v) is 14.5. The second-order valence-corrected chi connectivity index (χ2v) is 6.42. The number of amides is 1. The lowest BCUT2D eigenvalue weighted by molar-refractivity contribution is -0.384. The molecule has 0 saturated carbocycles. The van der Waals surface area contributed by atoms with Gasteiger partial charge >= 0.3 is 0 Å². The molecule has 3 aromatic rings. The first-order chi connectivity index (χ1) is 12.0. The first-order valence-corrected chi connectivity index (χ1v) is 8.41. The number of rotatable bonds is 4. The summed E-state index contributed by atoms with van der Waals surface area (Å²) in [5.41, 5.74) is 3.83. The Hall–Kier alpha value is -3.06. The molecule has 25 heavy (non-hydrogen) atoms. The third-order valence-corrected chi connectivity index (χ3v) is 4.57. The normalized spacial score (nSPS) is 10.5. The maximum atomic E-state index is 12.4. The van der Waals surface area contributed by atoms with Crippen LogP contribution in [-0.2, 0) is 0 Å². The van der Waals surface area contributed by atoms with Crippen LogP contribution in [0.3, 0.4) is 0 Å². The predicted octanol–water partition coefficient (Wildman–Crippen LogP) is 4.59. The van der Waals surface area contributed by atoms with E-state index in [4.69, 9.17) is 0 Å². The highest BCUT2D eigenvalue weighted by atomic mass is 32.1. The van der Waals surface area contributed by atoms with Crippen molar-refractivity contribution in [2.45, 2.75) is 13.8 Å². The molecule has 7 heteroatoms. The summed E-state index contributed by atoms with van der Waals surface area (Å²) in [6.45, 7) is 3.68. The number of non-ortho nitro benzene ring substituents is 1. The largest absolute Gasteiger partial charge is 0.298 e. The highest BCUT2D eigenvalue weighted by Crippen LogP contribution is 2.27. The Morgan fingerprint density at radius 3 is 2.60 bits per heavy atom. The number of benzene rings is 2. The number of nitro groups is 1. The fourth-order valence-corrected chi connectivity index (χ4v) is 3.20. The third-order valence-electron chi connectivity index (χ3n) is 3.81. The Labute approximate surface area is 148 Å². The van der Waals surface area contributed by atoms with E-state index in [9.17, 15) is 14.9 Å². The van der Waals surface area contributed by atoms with Gasteiger partial charge in [0.15, 0.2) is 5.13 Å². The van der Waals surface area contributed by atoms with Crippen LogP contribution in [0, 0.1) is 24.0 Å². The molecule has 0 radical (unpaired) electrons. The molecule has 0 aliphatic heterocycles. The number of nitrogens with zero attached hydrogens (tertiary/aromatic N) is 2. The van der Waals surface area contributed by atoms with Gasteiger partial charge in [-0.1, -0.05) is 24.3 Å². The Morgan fingerprint density at radius 1 is 1.16 bits per heavy atom. The molecule has 0 bridgehead atoms. The van der Waals surface area contributed by atoms with Crippen molar-refractivity contribution in [1.29, 1.82) is 0 Å². The molecule has 1 N–H and O–H groups in total. The van der Waals surface area contributed by atoms with Crippen LogP contribution in [0.1, 0.15) is 21.5 Å². The van der Waals surface area contributed by atoms with E-state index >= 15 is 0 Å². The molecule has 0 atom stereocenters. The minimum atomic E-state index is -0.482. The maximum Gasteiger partial charge on any atom is 0.269 e. The Bertz CT molecular complexity index is 966. The van der Waals surface area contributed by atoms with Gasteiger partial charge < -0.3 is 0 Å². The lowest BCUT2D eigenvalue weighted by atomic mass is 10.1. The van der Waals surface area contributed by atoms with Crippen LogP contribution < -0.4 is 5.32 Å². The average molecular weight is 353 g/mol. The topological polar surface area (TPSA) is 85.1 Å². The van der Waals surface area contributed by atoms with Gasteiger partial charge in [-0.25, -0.2) is 4.98 Å². The summed E-state index contributed by atoms with van der Waals surface area (Å²) in [6, 6.07) is 12.1. The number of nitro benzene ring substituents is 1. The molecule has 0 spiro atoms. The van der Waals surface area contributed by atoms with Gasteiger partial charge in [-0.3, -0.25) is 20.2 Å². The van der Waals surface area contributed by atoms with Gasteiger partial charge in [0.25, 0.3) is 11.6 Å². The van der Waals surface area contributed by atoms with E-state index in [0.717, 1.165) is 16.8 Å². The molecule has 0 unspecified atom stereocenters. The van der Waals surface area contributed by atoms with E-state index in [1.54, 1.807) is 6.92 Å². The standard InChI is InChI=1S/C18H15N3O3S/c1-11-5-3-4-6-14(11)16-10-25-18(19-16)20-17(22)15-8-7-13(21(23)24)9-12(15)2/h3-10H,1-2H3,(H,19,20,22). The quantitative estimate of drug-likeness (QED) is 0.549. The highest BCUT2D eigenvalue weighted by Gasteiger charge is 2.15. The van der Waals surface area contributed by atoms with Crippen molar-refractivity contribution < 1.29 is 9.72 Å². The van der Waals surface area contributed by atoms with Crippen LogP contribution in [0.5, 0.6) is 0 Å². The van der Waals surface area contributed by atoms with Crippen molar-refractivity contribution in [1.82, 2.24) is 4.98 Å². The summed E-state index contributed by atoms with van der Waals surface area (Å²) in [7, 11) is 0. The molecule has 1 heterocycles. The molecule has 0 fully saturated rings. The number of thiazole rings is 1. The number of aryl methyl sites for hydroxylation is 2. The van der Waals surface area contributed by atoms with Gasteiger partial charge in [0.05, 0.1) is 10.6 Å². The van der Waals surface area contributed by atoms with Crippen LogP contribution >= 0.6 is 11.3 Å². The van der Waals surface area contributed by atoms with Crippen LogP contribution in [0.4, 0.5) is 10.8 Å². The summed E-state index contributed by atoms with van der Waals surface area (Å²) in [5.74, 6) is -0.335. The Kier molecular flexibility index (Phi) is 4.58. The molecule has 1 aromatic heterocycles. The van der Waals surface area contributed by atoms with Gasteiger partial charge in [0.1, 0.15) is 0 Å². The number of carbonyl (C=O) groups is 1. The van der Waals surface area contributed by atoms with E-state index in [-0.39, 0.29) is 11.6 Å². The maximum absolute atomic E-state index is 12.4. The summed E-state index contributed by atoms with van der Waals surface area (Å²) < 4.78 is 0. The lowest BCUT2D eigenvalue weighted by Gasteiger charge is -2.05.